The normalized spacial score (nSPS) is 17.6. The first kappa shape index (κ1) is 12.9. The number of rotatable bonds is 2. The van der Waals surface area contributed by atoms with E-state index >= 15 is 0 Å². The maximum atomic E-state index is 12.6. The monoisotopic (exact) mass is 266 g/mol. The number of fused-ring (bicyclic) bond motifs is 1. The van der Waals surface area contributed by atoms with Gasteiger partial charge in [-0.1, -0.05) is 42.5 Å². The second-order valence-electron chi connectivity index (χ2n) is 5.16. The van der Waals surface area contributed by atoms with Crippen molar-refractivity contribution in [3.8, 4) is 0 Å². The summed E-state index contributed by atoms with van der Waals surface area (Å²) in [5.41, 5.74) is 9.13. The van der Waals surface area contributed by atoms with Gasteiger partial charge in [0.25, 0.3) is 5.91 Å². The maximum Gasteiger partial charge on any atom is 0.254 e. The van der Waals surface area contributed by atoms with Crippen LogP contribution < -0.4 is 5.73 Å². The van der Waals surface area contributed by atoms with Gasteiger partial charge in [-0.15, -0.1) is 0 Å². The molecule has 2 N–H and O–H groups in total. The minimum atomic E-state index is 0.0653. The van der Waals surface area contributed by atoms with Crippen LogP contribution in [0.4, 0.5) is 0 Å². The standard InChI is InChI=1S/C17H18N2O/c18-11-16-10-14-8-4-5-9-15(14)12-19(16)17(20)13-6-2-1-3-7-13/h1-9,16H,10-12,18H2/t16-/m0/s1. The van der Waals surface area contributed by atoms with Gasteiger partial charge in [0.15, 0.2) is 0 Å². The largest absolute Gasteiger partial charge is 0.330 e. The van der Waals surface area contributed by atoms with Gasteiger partial charge < -0.3 is 10.6 Å². The van der Waals surface area contributed by atoms with Crippen LogP contribution in [0.1, 0.15) is 21.5 Å². The molecule has 0 saturated carbocycles. The van der Waals surface area contributed by atoms with Crippen LogP contribution in [0.3, 0.4) is 0 Å². The smallest absolute Gasteiger partial charge is 0.254 e. The fraction of sp³-hybridized carbons (Fsp3) is 0.235. The van der Waals surface area contributed by atoms with E-state index in [0.717, 1.165) is 12.0 Å². The van der Waals surface area contributed by atoms with E-state index in [1.54, 1.807) is 0 Å². The second kappa shape index (κ2) is 5.47. The predicted molar refractivity (Wildman–Crippen MR) is 79.3 cm³/mol. The molecule has 0 spiro atoms. The molecule has 0 bridgehead atoms. The zero-order valence-electron chi connectivity index (χ0n) is 11.3. The van der Waals surface area contributed by atoms with Crippen LogP contribution in [0.15, 0.2) is 54.6 Å². The van der Waals surface area contributed by atoms with Gasteiger partial charge in [-0.25, -0.2) is 0 Å². The first-order valence-electron chi connectivity index (χ1n) is 6.92. The average molecular weight is 266 g/mol. The molecule has 0 radical (unpaired) electrons. The summed E-state index contributed by atoms with van der Waals surface area (Å²) in [5.74, 6) is 0.0653. The zero-order chi connectivity index (χ0) is 13.9. The lowest BCUT2D eigenvalue weighted by atomic mass is 9.93. The molecule has 0 aliphatic carbocycles. The molecule has 3 nitrogen and oxygen atoms in total. The Morgan fingerprint density at radius 2 is 1.70 bits per heavy atom. The molecule has 3 rings (SSSR count). The highest BCUT2D eigenvalue weighted by molar-refractivity contribution is 5.94. The molecule has 20 heavy (non-hydrogen) atoms. The maximum absolute atomic E-state index is 12.6. The van der Waals surface area contributed by atoms with E-state index in [2.05, 4.69) is 12.1 Å². The molecular formula is C17H18N2O. The summed E-state index contributed by atoms with van der Waals surface area (Å²) in [5, 5.41) is 0. The van der Waals surface area contributed by atoms with E-state index in [4.69, 9.17) is 5.73 Å². The number of hydrogen-bond acceptors (Lipinski definition) is 2. The van der Waals surface area contributed by atoms with Crippen molar-refractivity contribution in [1.82, 2.24) is 4.90 Å². The Morgan fingerprint density at radius 1 is 1.05 bits per heavy atom. The van der Waals surface area contributed by atoms with Gasteiger partial charge in [0.05, 0.1) is 0 Å². The summed E-state index contributed by atoms with van der Waals surface area (Å²) in [6.45, 7) is 1.14. The highest BCUT2D eigenvalue weighted by atomic mass is 16.2. The van der Waals surface area contributed by atoms with Crippen LogP contribution in [-0.4, -0.2) is 23.4 Å². The molecule has 1 aliphatic heterocycles. The van der Waals surface area contributed by atoms with E-state index in [1.165, 1.54) is 11.1 Å². The van der Waals surface area contributed by atoms with Crippen molar-refractivity contribution in [3.05, 3.63) is 71.3 Å². The van der Waals surface area contributed by atoms with Crippen molar-refractivity contribution >= 4 is 5.91 Å². The van der Waals surface area contributed by atoms with Gasteiger partial charge in [-0.05, 0) is 29.7 Å². The minimum absolute atomic E-state index is 0.0653. The van der Waals surface area contributed by atoms with Crippen molar-refractivity contribution < 1.29 is 4.79 Å². The van der Waals surface area contributed by atoms with Crippen LogP contribution in [-0.2, 0) is 13.0 Å². The number of carbonyl (C=O) groups is 1. The molecular weight excluding hydrogens is 248 g/mol. The fourth-order valence-electron chi connectivity index (χ4n) is 2.78. The second-order valence-corrected chi connectivity index (χ2v) is 5.16. The van der Waals surface area contributed by atoms with Crippen molar-refractivity contribution in [1.29, 1.82) is 0 Å². The summed E-state index contributed by atoms with van der Waals surface area (Å²) in [6, 6.07) is 17.8. The molecule has 3 heteroatoms. The third-order valence-corrected chi connectivity index (χ3v) is 3.91. The Balaban J connectivity index is 1.91. The first-order valence-corrected chi connectivity index (χ1v) is 6.92. The average Bonchev–Trinajstić information content (AvgIpc) is 2.53. The molecule has 1 aliphatic rings. The summed E-state index contributed by atoms with van der Waals surface area (Å²) in [4.78, 5) is 14.5. The van der Waals surface area contributed by atoms with E-state index in [9.17, 15) is 4.79 Å². The zero-order valence-corrected chi connectivity index (χ0v) is 11.3. The summed E-state index contributed by atoms with van der Waals surface area (Å²) in [7, 11) is 0. The van der Waals surface area contributed by atoms with Gasteiger partial charge in [-0.3, -0.25) is 4.79 Å². The van der Waals surface area contributed by atoms with Crippen LogP contribution in [0.2, 0.25) is 0 Å². The number of benzene rings is 2. The van der Waals surface area contributed by atoms with Gasteiger partial charge in [0.1, 0.15) is 0 Å². The molecule has 102 valence electrons. The first-order chi connectivity index (χ1) is 9.79. The summed E-state index contributed by atoms with van der Waals surface area (Å²) < 4.78 is 0. The highest BCUT2D eigenvalue weighted by Gasteiger charge is 2.29. The van der Waals surface area contributed by atoms with Gasteiger partial charge >= 0.3 is 0 Å². The Bertz CT molecular complexity index is 609. The Labute approximate surface area is 119 Å². The molecule has 0 aromatic heterocycles. The lowest BCUT2D eigenvalue weighted by molar-refractivity contribution is 0.0648. The Kier molecular flexibility index (Phi) is 3.52. The minimum Gasteiger partial charge on any atom is -0.330 e. The molecule has 2 aromatic carbocycles. The van der Waals surface area contributed by atoms with Crippen molar-refractivity contribution in [2.45, 2.75) is 19.0 Å². The third kappa shape index (κ3) is 2.32. The summed E-state index contributed by atoms with van der Waals surface area (Å²) >= 11 is 0. The molecule has 2 aromatic rings. The Hall–Kier alpha value is -2.13. The van der Waals surface area contributed by atoms with Crippen LogP contribution in [0.25, 0.3) is 0 Å². The number of hydrogen-bond donors (Lipinski definition) is 1. The van der Waals surface area contributed by atoms with Gasteiger partial charge in [0, 0.05) is 24.7 Å². The van der Waals surface area contributed by atoms with E-state index in [-0.39, 0.29) is 11.9 Å². The van der Waals surface area contributed by atoms with Gasteiger partial charge in [0.2, 0.25) is 0 Å². The van der Waals surface area contributed by atoms with E-state index in [0.29, 0.717) is 13.1 Å². The lowest BCUT2D eigenvalue weighted by Crippen LogP contribution is -2.48. The topological polar surface area (TPSA) is 46.3 Å². The molecule has 1 atom stereocenters. The third-order valence-electron chi connectivity index (χ3n) is 3.91. The fourth-order valence-corrected chi connectivity index (χ4v) is 2.78. The van der Waals surface area contributed by atoms with Crippen LogP contribution in [0.5, 0.6) is 0 Å². The summed E-state index contributed by atoms with van der Waals surface area (Å²) in [6.07, 6.45) is 0.839. The van der Waals surface area contributed by atoms with Crippen LogP contribution >= 0.6 is 0 Å². The SMILES string of the molecule is NC[C@@H]1Cc2ccccc2CN1C(=O)c1ccccc1. The number of carbonyl (C=O) groups excluding carboxylic acids is 1. The predicted octanol–water partition coefficient (Wildman–Crippen LogP) is 2.21. The number of amides is 1. The van der Waals surface area contributed by atoms with E-state index < -0.39 is 0 Å². The highest BCUT2D eigenvalue weighted by Crippen LogP contribution is 2.24. The Morgan fingerprint density at radius 3 is 2.40 bits per heavy atom. The van der Waals surface area contributed by atoms with Crippen LogP contribution in [0, 0.1) is 0 Å². The van der Waals surface area contributed by atoms with Crippen molar-refractivity contribution in [2.75, 3.05) is 6.54 Å². The van der Waals surface area contributed by atoms with Crippen molar-refractivity contribution in [2.24, 2.45) is 5.73 Å². The van der Waals surface area contributed by atoms with Crippen molar-refractivity contribution in [3.63, 3.8) is 0 Å². The number of nitrogens with two attached hydrogens (primary N) is 1. The molecule has 1 amide bonds. The molecule has 0 saturated heterocycles. The lowest BCUT2D eigenvalue weighted by Gasteiger charge is -2.36. The molecule has 0 unspecified atom stereocenters. The van der Waals surface area contributed by atoms with E-state index in [1.807, 2.05) is 47.4 Å². The quantitative estimate of drug-likeness (QED) is 0.906. The molecule has 0 fully saturated rings. The van der Waals surface area contributed by atoms with Gasteiger partial charge in [-0.2, -0.15) is 0 Å². The number of nitrogens with zero attached hydrogens (tertiary/aromatic N) is 1. The molecule has 1 heterocycles.